The molecule has 2 aromatic rings. The van der Waals surface area contributed by atoms with Gasteiger partial charge in [0.15, 0.2) is 0 Å². The number of fused-ring (bicyclic) bond motifs is 1. The summed E-state index contributed by atoms with van der Waals surface area (Å²) in [7, 11) is 0. The maximum absolute atomic E-state index is 12.7. The molecule has 0 radical (unpaired) electrons. The summed E-state index contributed by atoms with van der Waals surface area (Å²) in [5.74, 6) is -1.14. The number of aromatic amines is 1. The fourth-order valence-corrected chi connectivity index (χ4v) is 1.31. The number of rotatable bonds is 0. The lowest BCUT2D eigenvalue weighted by Gasteiger charge is -1.94. The molecule has 0 fully saturated rings. The SMILES string of the molecule is O=c1[nH]c(=S)c2ccc(F)cc2o1. The Bertz CT molecular complexity index is 572. The number of benzene rings is 1. The van der Waals surface area contributed by atoms with Gasteiger partial charge < -0.3 is 4.42 Å². The van der Waals surface area contributed by atoms with Crippen molar-refractivity contribution in [2.75, 3.05) is 0 Å². The van der Waals surface area contributed by atoms with Crippen LogP contribution >= 0.6 is 12.2 Å². The van der Waals surface area contributed by atoms with Crippen molar-refractivity contribution in [1.82, 2.24) is 4.98 Å². The van der Waals surface area contributed by atoms with Crippen LogP contribution in [-0.4, -0.2) is 4.98 Å². The van der Waals surface area contributed by atoms with Gasteiger partial charge in [-0.2, -0.15) is 0 Å². The van der Waals surface area contributed by atoms with Crippen molar-refractivity contribution < 1.29 is 8.81 Å². The van der Waals surface area contributed by atoms with Gasteiger partial charge in [-0.1, -0.05) is 12.2 Å². The molecular weight excluding hydrogens is 193 g/mol. The van der Waals surface area contributed by atoms with Gasteiger partial charge in [0.05, 0.1) is 5.39 Å². The average Bonchev–Trinajstić information content (AvgIpc) is 2.02. The highest BCUT2D eigenvalue weighted by Crippen LogP contribution is 2.13. The number of halogens is 1. The second kappa shape index (κ2) is 2.77. The highest BCUT2D eigenvalue weighted by Gasteiger charge is 2.00. The molecule has 66 valence electrons. The Morgan fingerprint density at radius 1 is 1.46 bits per heavy atom. The van der Waals surface area contributed by atoms with Gasteiger partial charge in [0.2, 0.25) is 0 Å². The Balaban J connectivity index is 3.03. The van der Waals surface area contributed by atoms with E-state index in [4.69, 9.17) is 16.6 Å². The van der Waals surface area contributed by atoms with Crippen molar-refractivity contribution in [3.8, 4) is 0 Å². The Morgan fingerprint density at radius 3 is 3.00 bits per heavy atom. The molecule has 0 saturated heterocycles. The zero-order chi connectivity index (χ0) is 9.42. The monoisotopic (exact) mass is 197 g/mol. The minimum absolute atomic E-state index is 0.161. The Labute approximate surface area is 76.8 Å². The van der Waals surface area contributed by atoms with Crippen LogP contribution in [0.3, 0.4) is 0 Å². The van der Waals surface area contributed by atoms with Crippen LogP contribution in [0.2, 0.25) is 0 Å². The molecule has 2 rings (SSSR count). The third-order valence-electron chi connectivity index (χ3n) is 1.61. The molecule has 13 heavy (non-hydrogen) atoms. The standard InChI is InChI=1S/C8H4FNO2S/c9-4-1-2-5-6(3-4)12-8(11)10-7(5)13/h1-3H,(H,10,11,13). The molecule has 5 heteroatoms. The van der Waals surface area contributed by atoms with Crippen LogP contribution in [0.4, 0.5) is 4.39 Å². The largest absolute Gasteiger partial charge is 0.417 e. The van der Waals surface area contributed by atoms with Gasteiger partial charge in [0.1, 0.15) is 16.0 Å². The molecule has 3 nitrogen and oxygen atoms in total. The lowest BCUT2D eigenvalue weighted by Crippen LogP contribution is -2.03. The summed E-state index contributed by atoms with van der Waals surface area (Å²) in [6, 6.07) is 3.85. The van der Waals surface area contributed by atoms with E-state index in [0.29, 0.717) is 5.39 Å². The third-order valence-corrected chi connectivity index (χ3v) is 1.93. The van der Waals surface area contributed by atoms with Crippen molar-refractivity contribution in [3.05, 3.63) is 39.2 Å². The van der Waals surface area contributed by atoms with E-state index >= 15 is 0 Å². The number of H-pyrrole nitrogens is 1. The summed E-state index contributed by atoms with van der Waals surface area (Å²) in [4.78, 5) is 13.1. The third kappa shape index (κ3) is 1.38. The quantitative estimate of drug-likeness (QED) is 0.657. The first-order chi connectivity index (χ1) is 6.16. The molecule has 0 unspecified atom stereocenters. The number of hydrogen-bond acceptors (Lipinski definition) is 3. The number of aromatic nitrogens is 1. The Kier molecular flexibility index (Phi) is 1.73. The Hall–Kier alpha value is -1.49. The Morgan fingerprint density at radius 2 is 2.23 bits per heavy atom. The molecular formula is C8H4FNO2S. The summed E-state index contributed by atoms with van der Waals surface area (Å²) >= 11 is 4.85. The number of hydrogen-bond donors (Lipinski definition) is 1. The first-order valence-electron chi connectivity index (χ1n) is 3.49. The molecule has 0 aliphatic heterocycles. The van der Waals surface area contributed by atoms with Crippen LogP contribution in [0.1, 0.15) is 0 Å². The number of nitrogens with one attached hydrogen (secondary N) is 1. The van der Waals surface area contributed by atoms with E-state index in [1.807, 2.05) is 0 Å². The molecule has 1 aromatic heterocycles. The molecule has 1 heterocycles. The van der Waals surface area contributed by atoms with Gasteiger partial charge in [0.25, 0.3) is 0 Å². The molecule has 0 bridgehead atoms. The van der Waals surface area contributed by atoms with Crippen LogP contribution in [0.5, 0.6) is 0 Å². The molecule has 1 N–H and O–H groups in total. The fourth-order valence-electron chi connectivity index (χ4n) is 1.05. The summed E-state index contributed by atoms with van der Waals surface area (Å²) in [5, 5.41) is 0.524. The van der Waals surface area contributed by atoms with Gasteiger partial charge in [0, 0.05) is 6.07 Å². The van der Waals surface area contributed by atoms with Crippen LogP contribution in [0.25, 0.3) is 11.0 Å². The van der Waals surface area contributed by atoms with Crippen LogP contribution in [0.15, 0.2) is 27.4 Å². The molecule has 0 amide bonds. The molecule has 0 atom stereocenters. The van der Waals surface area contributed by atoms with E-state index in [0.717, 1.165) is 6.07 Å². The fraction of sp³-hybridized carbons (Fsp3) is 0. The first-order valence-corrected chi connectivity index (χ1v) is 3.90. The molecule has 0 aliphatic rings. The summed E-state index contributed by atoms with van der Waals surface area (Å²) < 4.78 is 17.7. The smallest absolute Gasteiger partial charge is 0.409 e. The van der Waals surface area contributed by atoms with E-state index in [9.17, 15) is 9.18 Å². The van der Waals surface area contributed by atoms with Gasteiger partial charge in [-0.05, 0) is 12.1 Å². The molecule has 0 spiro atoms. The van der Waals surface area contributed by atoms with Crippen LogP contribution in [-0.2, 0) is 0 Å². The van der Waals surface area contributed by atoms with Gasteiger partial charge in [-0.3, -0.25) is 4.98 Å². The normalized spacial score (nSPS) is 10.5. The van der Waals surface area contributed by atoms with Crippen molar-refractivity contribution in [1.29, 1.82) is 0 Å². The lowest BCUT2D eigenvalue weighted by molar-refractivity contribution is 0.525. The minimum Gasteiger partial charge on any atom is -0.409 e. The van der Waals surface area contributed by atoms with Crippen molar-refractivity contribution >= 4 is 23.2 Å². The highest BCUT2D eigenvalue weighted by atomic mass is 32.1. The van der Waals surface area contributed by atoms with E-state index in [2.05, 4.69) is 4.98 Å². The van der Waals surface area contributed by atoms with Crippen LogP contribution in [0, 0.1) is 10.5 Å². The second-order valence-electron chi connectivity index (χ2n) is 2.48. The van der Waals surface area contributed by atoms with E-state index < -0.39 is 11.6 Å². The van der Waals surface area contributed by atoms with Gasteiger partial charge in [-0.15, -0.1) is 0 Å². The second-order valence-corrected chi connectivity index (χ2v) is 2.89. The van der Waals surface area contributed by atoms with E-state index in [1.54, 1.807) is 0 Å². The molecule has 0 saturated carbocycles. The molecule has 0 aliphatic carbocycles. The van der Waals surface area contributed by atoms with E-state index in [-0.39, 0.29) is 10.2 Å². The summed E-state index contributed by atoms with van der Waals surface area (Å²) in [6.45, 7) is 0. The van der Waals surface area contributed by atoms with Crippen molar-refractivity contribution in [3.63, 3.8) is 0 Å². The average molecular weight is 197 g/mol. The highest BCUT2D eigenvalue weighted by molar-refractivity contribution is 7.71. The predicted octanol–water partition coefficient (Wildman–Crippen LogP) is 1.99. The van der Waals surface area contributed by atoms with Crippen molar-refractivity contribution in [2.45, 2.75) is 0 Å². The summed E-state index contributed by atoms with van der Waals surface area (Å²) in [6.07, 6.45) is 0. The minimum atomic E-state index is -0.678. The van der Waals surface area contributed by atoms with E-state index in [1.165, 1.54) is 12.1 Å². The first kappa shape index (κ1) is 8.12. The zero-order valence-corrected chi connectivity index (χ0v) is 7.15. The lowest BCUT2D eigenvalue weighted by atomic mass is 10.2. The maximum atomic E-state index is 12.7. The topological polar surface area (TPSA) is 46.0 Å². The predicted molar refractivity (Wildman–Crippen MR) is 47.6 cm³/mol. The zero-order valence-electron chi connectivity index (χ0n) is 6.33. The summed E-state index contributed by atoms with van der Waals surface area (Å²) in [5.41, 5.74) is 0.161. The maximum Gasteiger partial charge on any atom is 0.417 e. The van der Waals surface area contributed by atoms with Gasteiger partial charge >= 0.3 is 5.76 Å². The molecule has 1 aromatic carbocycles. The van der Waals surface area contributed by atoms with Crippen LogP contribution < -0.4 is 5.76 Å². The van der Waals surface area contributed by atoms with Gasteiger partial charge in [-0.25, -0.2) is 9.18 Å². The van der Waals surface area contributed by atoms with Crippen molar-refractivity contribution in [2.24, 2.45) is 0 Å².